The lowest BCUT2D eigenvalue weighted by Gasteiger charge is -2.43. The van der Waals surface area contributed by atoms with Crippen LogP contribution >= 0.6 is 0 Å². The number of aliphatic carboxylic acids is 1. The van der Waals surface area contributed by atoms with E-state index in [-0.39, 0.29) is 5.92 Å². The molecule has 0 saturated carbocycles. The number of rotatable bonds is 2. The zero-order valence-electron chi connectivity index (χ0n) is 8.45. The number of carbonyl (C=O) groups is 1. The van der Waals surface area contributed by atoms with Gasteiger partial charge in [0.05, 0.1) is 5.41 Å². The Kier molecular flexibility index (Phi) is 1.88. The Morgan fingerprint density at radius 2 is 2.07 bits per heavy atom. The van der Waals surface area contributed by atoms with Crippen molar-refractivity contribution in [2.24, 2.45) is 5.92 Å². The predicted molar refractivity (Wildman–Crippen MR) is 54.3 cm³/mol. The standard InChI is InChI=1S/C12H14O2/c1-8(2)12(11(13)14)7-9-5-3-4-6-10(9)12/h3-6,8H,7H2,1-2H3,(H,13,14). The predicted octanol–water partition coefficient (Wildman–Crippen LogP) is 2.22. The van der Waals surface area contributed by atoms with E-state index in [1.165, 1.54) is 5.56 Å². The molecule has 0 aliphatic heterocycles. The quantitative estimate of drug-likeness (QED) is 0.776. The molecule has 14 heavy (non-hydrogen) atoms. The molecule has 0 amide bonds. The van der Waals surface area contributed by atoms with E-state index in [0.29, 0.717) is 6.42 Å². The lowest BCUT2D eigenvalue weighted by atomic mass is 9.58. The number of carboxylic acids is 1. The van der Waals surface area contributed by atoms with Crippen LogP contribution in [0.4, 0.5) is 0 Å². The van der Waals surface area contributed by atoms with Crippen molar-refractivity contribution in [3.63, 3.8) is 0 Å². The van der Waals surface area contributed by atoms with Crippen molar-refractivity contribution in [2.45, 2.75) is 25.7 Å². The van der Waals surface area contributed by atoms with Crippen molar-refractivity contribution < 1.29 is 9.90 Å². The summed E-state index contributed by atoms with van der Waals surface area (Å²) in [7, 11) is 0. The molecule has 1 atom stereocenters. The molecule has 2 nitrogen and oxygen atoms in total. The van der Waals surface area contributed by atoms with Gasteiger partial charge < -0.3 is 5.11 Å². The molecular formula is C12H14O2. The second-order valence-corrected chi connectivity index (χ2v) is 4.27. The van der Waals surface area contributed by atoms with E-state index in [2.05, 4.69) is 0 Å². The minimum Gasteiger partial charge on any atom is -0.481 e. The molecule has 0 aromatic heterocycles. The van der Waals surface area contributed by atoms with Crippen LogP contribution in [0.15, 0.2) is 24.3 Å². The van der Waals surface area contributed by atoms with Gasteiger partial charge in [-0.05, 0) is 23.5 Å². The van der Waals surface area contributed by atoms with Gasteiger partial charge in [-0.15, -0.1) is 0 Å². The summed E-state index contributed by atoms with van der Waals surface area (Å²) in [6.45, 7) is 3.95. The van der Waals surface area contributed by atoms with Crippen molar-refractivity contribution in [1.29, 1.82) is 0 Å². The maximum absolute atomic E-state index is 11.3. The fraction of sp³-hybridized carbons (Fsp3) is 0.417. The number of benzene rings is 1. The van der Waals surface area contributed by atoms with Gasteiger partial charge in [-0.25, -0.2) is 0 Å². The maximum atomic E-state index is 11.3. The average molecular weight is 190 g/mol. The van der Waals surface area contributed by atoms with Gasteiger partial charge in [0.2, 0.25) is 0 Å². The van der Waals surface area contributed by atoms with Crippen LogP contribution in [0.2, 0.25) is 0 Å². The third-order valence-electron chi connectivity index (χ3n) is 3.33. The Hall–Kier alpha value is -1.31. The summed E-state index contributed by atoms with van der Waals surface area (Å²) >= 11 is 0. The van der Waals surface area contributed by atoms with E-state index in [1.54, 1.807) is 0 Å². The molecule has 1 aromatic carbocycles. The first-order valence-electron chi connectivity index (χ1n) is 4.91. The van der Waals surface area contributed by atoms with E-state index in [4.69, 9.17) is 0 Å². The smallest absolute Gasteiger partial charge is 0.314 e. The van der Waals surface area contributed by atoms with E-state index in [1.807, 2.05) is 38.1 Å². The van der Waals surface area contributed by atoms with Crippen LogP contribution in [0.3, 0.4) is 0 Å². The third-order valence-corrected chi connectivity index (χ3v) is 3.33. The molecule has 1 unspecified atom stereocenters. The minimum atomic E-state index is -0.689. The van der Waals surface area contributed by atoms with Gasteiger partial charge in [0.15, 0.2) is 0 Å². The van der Waals surface area contributed by atoms with Gasteiger partial charge in [-0.3, -0.25) is 4.79 Å². The second kappa shape index (κ2) is 2.84. The summed E-state index contributed by atoms with van der Waals surface area (Å²) in [5, 5.41) is 9.30. The zero-order chi connectivity index (χ0) is 10.3. The molecular weight excluding hydrogens is 176 g/mol. The van der Waals surface area contributed by atoms with Crippen LogP contribution in [0, 0.1) is 5.92 Å². The molecule has 0 heterocycles. The first-order valence-corrected chi connectivity index (χ1v) is 4.91. The van der Waals surface area contributed by atoms with E-state index >= 15 is 0 Å². The van der Waals surface area contributed by atoms with Gasteiger partial charge in [0.25, 0.3) is 0 Å². The highest BCUT2D eigenvalue weighted by atomic mass is 16.4. The van der Waals surface area contributed by atoms with Crippen LogP contribution in [-0.4, -0.2) is 11.1 Å². The molecule has 74 valence electrons. The molecule has 1 aliphatic carbocycles. The Balaban J connectivity index is 2.51. The summed E-state index contributed by atoms with van der Waals surface area (Å²) in [6.07, 6.45) is 0.677. The van der Waals surface area contributed by atoms with Gasteiger partial charge >= 0.3 is 5.97 Å². The molecule has 1 aromatic rings. The monoisotopic (exact) mass is 190 g/mol. The number of carboxylic acid groups (broad SMARTS) is 1. The molecule has 0 bridgehead atoms. The van der Waals surface area contributed by atoms with Gasteiger partial charge in [0, 0.05) is 0 Å². The van der Waals surface area contributed by atoms with Crippen molar-refractivity contribution in [1.82, 2.24) is 0 Å². The van der Waals surface area contributed by atoms with Crippen molar-refractivity contribution in [2.75, 3.05) is 0 Å². The molecule has 0 saturated heterocycles. The molecule has 0 radical (unpaired) electrons. The van der Waals surface area contributed by atoms with Gasteiger partial charge in [0.1, 0.15) is 0 Å². The lowest BCUT2D eigenvalue weighted by molar-refractivity contribution is -0.147. The average Bonchev–Trinajstić information content (AvgIpc) is 2.06. The fourth-order valence-electron chi connectivity index (χ4n) is 2.35. The minimum absolute atomic E-state index is 0.148. The summed E-state index contributed by atoms with van der Waals surface area (Å²) in [4.78, 5) is 11.3. The molecule has 1 aliphatic rings. The second-order valence-electron chi connectivity index (χ2n) is 4.27. The van der Waals surface area contributed by atoms with Crippen LogP contribution in [0.5, 0.6) is 0 Å². The molecule has 0 fully saturated rings. The first-order chi connectivity index (χ1) is 6.59. The zero-order valence-corrected chi connectivity index (χ0v) is 8.45. The Morgan fingerprint density at radius 1 is 1.43 bits per heavy atom. The third kappa shape index (κ3) is 0.939. The van der Waals surface area contributed by atoms with Gasteiger partial charge in [-0.1, -0.05) is 38.1 Å². The Labute approximate surface area is 83.6 Å². The van der Waals surface area contributed by atoms with Crippen LogP contribution in [0.25, 0.3) is 0 Å². The molecule has 0 spiro atoms. The Bertz CT molecular complexity index is 382. The molecule has 1 N–H and O–H groups in total. The molecule has 2 heteroatoms. The van der Waals surface area contributed by atoms with E-state index in [0.717, 1.165) is 5.56 Å². The number of hydrogen-bond acceptors (Lipinski definition) is 1. The maximum Gasteiger partial charge on any atom is 0.314 e. The fourth-order valence-corrected chi connectivity index (χ4v) is 2.35. The van der Waals surface area contributed by atoms with Crippen LogP contribution in [0.1, 0.15) is 25.0 Å². The highest BCUT2D eigenvalue weighted by Gasteiger charge is 2.51. The summed E-state index contributed by atoms with van der Waals surface area (Å²) < 4.78 is 0. The topological polar surface area (TPSA) is 37.3 Å². The van der Waals surface area contributed by atoms with Gasteiger partial charge in [-0.2, -0.15) is 0 Å². The summed E-state index contributed by atoms with van der Waals surface area (Å²) in [5.41, 5.74) is 1.56. The summed E-state index contributed by atoms with van der Waals surface area (Å²) in [6, 6.07) is 7.83. The van der Waals surface area contributed by atoms with E-state index in [9.17, 15) is 9.90 Å². The van der Waals surface area contributed by atoms with Crippen molar-refractivity contribution >= 4 is 5.97 Å². The van der Waals surface area contributed by atoms with E-state index < -0.39 is 11.4 Å². The highest BCUT2D eigenvalue weighted by Crippen LogP contribution is 2.46. The largest absolute Gasteiger partial charge is 0.481 e. The number of fused-ring (bicyclic) bond motifs is 1. The van der Waals surface area contributed by atoms with Crippen LogP contribution in [-0.2, 0) is 16.6 Å². The lowest BCUT2D eigenvalue weighted by Crippen LogP contribution is -2.50. The van der Waals surface area contributed by atoms with Crippen molar-refractivity contribution in [3.05, 3.63) is 35.4 Å². The SMILES string of the molecule is CC(C)C1(C(=O)O)Cc2ccccc21. The first kappa shape index (κ1) is 9.25. The normalized spacial score (nSPS) is 24.2. The highest BCUT2D eigenvalue weighted by molar-refractivity contribution is 5.86. The van der Waals surface area contributed by atoms with Crippen molar-refractivity contribution in [3.8, 4) is 0 Å². The number of hydrogen-bond donors (Lipinski definition) is 1. The van der Waals surface area contributed by atoms with Crippen LogP contribution < -0.4 is 0 Å². The Morgan fingerprint density at radius 3 is 2.57 bits per heavy atom. The summed E-state index contributed by atoms with van der Waals surface area (Å²) in [5.74, 6) is -0.541. The molecule has 2 rings (SSSR count).